The summed E-state index contributed by atoms with van der Waals surface area (Å²) < 4.78 is 38.8. The van der Waals surface area contributed by atoms with Gasteiger partial charge in [0.05, 0.1) is 5.25 Å². The average molecular weight is 388 g/mol. The molecule has 3 amide bonds. The summed E-state index contributed by atoms with van der Waals surface area (Å²) in [6.45, 7) is 1.46. The van der Waals surface area contributed by atoms with E-state index >= 15 is 0 Å². The third kappa shape index (κ3) is 5.12. The van der Waals surface area contributed by atoms with E-state index in [2.05, 4.69) is 26.4 Å². The molecule has 140 valence electrons. The van der Waals surface area contributed by atoms with Crippen LogP contribution in [0, 0.1) is 0 Å². The van der Waals surface area contributed by atoms with Gasteiger partial charge in [-0.1, -0.05) is 30.0 Å². The van der Waals surface area contributed by atoms with Crippen LogP contribution in [0.4, 0.5) is 23.7 Å². The Labute approximate surface area is 150 Å². The van der Waals surface area contributed by atoms with Crippen molar-refractivity contribution in [1.82, 2.24) is 25.6 Å². The molecule has 1 aromatic carbocycles. The van der Waals surface area contributed by atoms with Gasteiger partial charge in [0.1, 0.15) is 0 Å². The molecule has 1 aromatic heterocycles. The number of para-hydroxylation sites is 1. The molecule has 0 spiro atoms. The molecule has 1 atom stereocenters. The number of urea groups is 1. The first kappa shape index (κ1) is 19.6. The molecule has 8 nitrogen and oxygen atoms in total. The second-order valence-corrected chi connectivity index (χ2v) is 6.37. The molecule has 2 rings (SSSR count). The molecule has 1 unspecified atom stereocenters. The molecule has 0 aliphatic heterocycles. The second kappa shape index (κ2) is 8.08. The van der Waals surface area contributed by atoms with Crippen LogP contribution in [-0.2, 0) is 18.0 Å². The molecule has 0 saturated heterocycles. The van der Waals surface area contributed by atoms with Gasteiger partial charge in [0.2, 0.25) is 5.82 Å². The summed E-state index contributed by atoms with van der Waals surface area (Å²) >= 11 is 0.776. The Bertz CT molecular complexity index is 781. The van der Waals surface area contributed by atoms with Gasteiger partial charge in [-0.25, -0.2) is 10.2 Å². The molecule has 0 saturated carbocycles. The molecule has 3 N–H and O–H groups in total. The topological polar surface area (TPSA) is 101 Å². The number of rotatable bonds is 4. The van der Waals surface area contributed by atoms with Gasteiger partial charge in [0.25, 0.3) is 5.91 Å². The van der Waals surface area contributed by atoms with Gasteiger partial charge in [0, 0.05) is 12.7 Å². The van der Waals surface area contributed by atoms with Crippen LogP contribution in [0.15, 0.2) is 35.5 Å². The number of hydrazine groups is 1. The van der Waals surface area contributed by atoms with Crippen molar-refractivity contribution in [2.45, 2.75) is 23.5 Å². The van der Waals surface area contributed by atoms with Crippen LogP contribution in [0.3, 0.4) is 0 Å². The predicted octanol–water partition coefficient (Wildman–Crippen LogP) is 2.17. The zero-order chi connectivity index (χ0) is 19.3. The normalized spacial score (nSPS) is 12.3. The zero-order valence-corrected chi connectivity index (χ0v) is 14.5. The van der Waals surface area contributed by atoms with Crippen LogP contribution in [0.2, 0.25) is 0 Å². The van der Waals surface area contributed by atoms with Crippen LogP contribution >= 0.6 is 11.8 Å². The number of nitrogens with zero attached hydrogens (tertiary/aromatic N) is 3. The van der Waals surface area contributed by atoms with E-state index in [0.717, 1.165) is 23.4 Å². The number of thioether (sulfide) groups is 1. The van der Waals surface area contributed by atoms with E-state index in [0.29, 0.717) is 5.69 Å². The molecule has 0 radical (unpaired) electrons. The summed E-state index contributed by atoms with van der Waals surface area (Å²) in [4.78, 5) is 23.6. The number of hydrogen-bond donors (Lipinski definition) is 3. The SMILES string of the molecule is CC(Sc1nnc(C(F)(F)F)n1C)C(=O)NNC(=O)Nc1ccccc1. The quantitative estimate of drug-likeness (QED) is 0.551. The first-order valence-corrected chi connectivity index (χ1v) is 8.11. The first-order chi connectivity index (χ1) is 12.2. The maximum atomic E-state index is 12.7. The number of benzene rings is 1. The lowest BCUT2D eigenvalue weighted by molar-refractivity contribution is -0.147. The van der Waals surface area contributed by atoms with Gasteiger partial charge in [0.15, 0.2) is 5.16 Å². The van der Waals surface area contributed by atoms with Gasteiger partial charge in [-0.05, 0) is 19.1 Å². The molecule has 0 aliphatic carbocycles. The van der Waals surface area contributed by atoms with Crippen molar-refractivity contribution in [3.05, 3.63) is 36.2 Å². The number of alkyl halides is 3. The van der Waals surface area contributed by atoms with E-state index < -0.39 is 29.2 Å². The average Bonchev–Trinajstić information content (AvgIpc) is 2.94. The van der Waals surface area contributed by atoms with Crippen molar-refractivity contribution < 1.29 is 22.8 Å². The number of halogens is 3. The molecule has 0 aliphatic rings. The minimum Gasteiger partial charge on any atom is -0.307 e. The summed E-state index contributed by atoms with van der Waals surface area (Å²) in [6, 6.07) is 7.88. The van der Waals surface area contributed by atoms with Crippen LogP contribution in [0.5, 0.6) is 0 Å². The largest absolute Gasteiger partial charge is 0.451 e. The Morgan fingerprint density at radius 2 is 1.81 bits per heavy atom. The highest BCUT2D eigenvalue weighted by atomic mass is 32.2. The van der Waals surface area contributed by atoms with Crippen molar-refractivity contribution in [1.29, 1.82) is 0 Å². The maximum absolute atomic E-state index is 12.7. The lowest BCUT2D eigenvalue weighted by Gasteiger charge is -2.13. The van der Waals surface area contributed by atoms with E-state index in [9.17, 15) is 22.8 Å². The lowest BCUT2D eigenvalue weighted by Crippen LogP contribution is -2.46. The monoisotopic (exact) mass is 388 g/mol. The Hall–Kier alpha value is -2.76. The standard InChI is InChI=1S/C14H15F3N6O2S/c1-8(26-13-22-20-11(23(13)2)14(15,16)17)10(24)19-21-12(25)18-9-6-4-3-5-7-9/h3-8H,1-2H3,(H,19,24)(H2,18,21,25). The van der Waals surface area contributed by atoms with Gasteiger partial charge in [-0.2, -0.15) is 13.2 Å². The van der Waals surface area contributed by atoms with Crippen LogP contribution in [0.1, 0.15) is 12.7 Å². The van der Waals surface area contributed by atoms with Gasteiger partial charge in [-0.15, -0.1) is 10.2 Å². The molecule has 0 bridgehead atoms. The number of hydrogen-bond acceptors (Lipinski definition) is 5. The van der Waals surface area contributed by atoms with Gasteiger partial charge >= 0.3 is 12.2 Å². The number of carbonyl (C=O) groups is 2. The third-order valence-electron chi connectivity index (χ3n) is 3.07. The van der Waals surface area contributed by atoms with Crippen molar-refractivity contribution in [3.63, 3.8) is 0 Å². The fourth-order valence-electron chi connectivity index (χ4n) is 1.78. The molecule has 2 aromatic rings. The van der Waals surface area contributed by atoms with E-state index in [4.69, 9.17) is 0 Å². The highest BCUT2D eigenvalue weighted by Crippen LogP contribution is 2.30. The van der Waals surface area contributed by atoms with Crippen LogP contribution in [-0.4, -0.2) is 32.0 Å². The number of aromatic nitrogens is 3. The third-order valence-corrected chi connectivity index (χ3v) is 4.20. The first-order valence-electron chi connectivity index (χ1n) is 7.23. The van der Waals surface area contributed by atoms with Crippen LogP contribution < -0.4 is 16.2 Å². The predicted molar refractivity (Wildman–Crippen MR) is 88.1 cm³/mol. The van der Waals surface area contributed by atoms with E-state index in [-0.39, 0.29) is 5.16 Å². The molecule has 1 heterocycles. The number of amides is 3. The molecule has 0 fully saturated rings. The Morgan fingerprint density at radius 1 is 1.15 bits per heavy atom. The highest BCUT2D eigenvalue weighted by Gasteiger charge is 2.37. The number of carbonyl (C=O) groups excluding carboxylic acids is 2. The van der Waals surface area contributed by atoms with Crippen molar-refractivity contribution in [2.24, 2.45) is 7.05 Å². The minimum atomic E-state index is -4.64. The Kier molecular flexibility index (Phi) is 6.08. The molecular weight excluding hydrogens is 373 g/mol. The number of anilines is 1. The maximum Gasteiger partial charge on any atom is 0.451 e. The second-order valence-electron chi connectivity index (χ2n) is 5.06. The van der Waals surface area contributed by atoms with Gasteiger partial charge in [-0.3, -0.25) is 10.2 Å². The lowest BCUT2D eigenvalue weighted by atomic mass is 10.3. The molecular formula is C14H15F3N6O2S. The smallest absolute Gasteiger partial charge is 0.307 e. The van der Waals surface area contributed by atoms with E-state index in [1.807, 2.05) is 0 Å². The van der Waals surface area contributed by atoms with Crippen molar-refractivity contribution in [2.75, 3.05) is 5.32 Å². The van der Waals surface area contributed by atoms with Crippen LogP contribution in [0.25, 0.3) is 0 Å². The van der Waals surface area contributed by atoms with E-state index in [1.165, 1.54) is 6.92 Å². The fraction of sp³-hybridized carbons (Fsp3) is 0.286. The van der Waals surface area contributed by atoms with Gasteiger partial charge < -0.3 is 9.88 Å². The summed E-state index contributed by atoms with van der Waals surface area (Å²) in [7, 11) is 1.15. The minimum absolute atomic E-state index is 0.0753. The molecule has 26 heavy (non-hydrogen) atoms. The number of nitrogens with one attached hydrogen (secondary N) is 3. The van der Waals surface area contributed by atoms with Crippen molar-refractivity contribution in [3.8, 4) is 0 Å². The summed E-state index contributed by atoms with van der Waals surface area (Å²) in [6.07, 6.45) is -4.64. The van der Waals surface area contributed by atoms with Crippen molar-refractivity contribution >= 4 is 29.4 Å². The summed E-state index contributed by atoms with van der Waals surface area (Å²) in [5, 5.41) is 8.10. The Balaban J connectivity index is 1.86. The highest BCUT2D eigenvalue weighted by molar-refractivity contribution is 8.00. The summed E-state index contributed by atoms with van der Waals surface area (Å²) in [5.41, 5.74) is 4.86. The summed E-state index contributed by atoms with van der Waals surface area (Å²) in [5.74, 6) is -1.78. The zero-order valence-electron chi connectivity index (χ0n) is 13.7. The van der Waals surface area contributed by atoms with E-state index in [1.54, 1.807) is 30.3 Å². The fourth-order valence-corrected chi connectivity index (χ4v) is 2.59. The molecule has 12 heteroatoms. The Morgan fingerprint density at radius 3 is 2.38 bits per heavy atom.